The second-order valence-corrected chi connectivity index (χ2v) is 8.89. The largest absolute Gasteiger partial charge is 0.462 e. The van der Waals surface area contributed by atoms with Crippen molar-refractivity contribution in [2.24, 2.45) is 27.2 Å². The predicted molar refractivity (Wildman–Crippen MR) is 131 cm³/mol. The van der Waals surface area contributed by atoms with E-state index in [9.17, 15) is 4.79 Å². The number of hydrogen-bond acceptors (Lipinski definition) is 6. The van der Waals surface area contributed by atoms with Crippen molar-refractivity contribution >= 4 is 17.9 Å². The zero-order valence-electron chi connectivity index (χ0n) is 20.0. The maximum atomic E-state index is 13.0. The van der Waals surface area contributed by atoms with Crippen LogP contribution in [-0.4, -0.2) is 48.5 Å². The lowest BCUT2D eigenvalue weighted by atomic mass is 9.96. The molecular weight excluding hydrogens is 404 g/mol. The molecule has 182 valence electrons. The van der Waals surface area contributed by atoms with Crippen LogP contribution < -0.4 is 17.2 Å². The molecule has 0 bridgehead atoms. The Hall–Kier alpha value is -2.25. The summed E-state index contributed by atoms with van der Waals surface area (Å²) in [6, 6.07) is -0.182. The molecule has 0 aromatic heterocycles. The minimum atomic E-state index is -0.245. The number of allylic oxidation sites excluding steroid dienone is 1. The smallest absolute Gasteiger partial charge is 0.337 e. The molecule has 1 fully saturated rings. The molecule has 2 aliphatic heterocycles. The molecule has 8 heteroatoms. The van der Waals surface area contributed by atoms with E-state index in [4.69, 9.17) is 21.9 Å². The van der Waals surface area contributed by atoms with Gasteiger partial charge in [0.2, 0.25) is 0 Å². The number of hydrogen-bond donors (Lipinski definition) is 3. The second kappa shape index (κ2) is 14.7. The fourth-order valence-electron chi connectivity index (χ4n) is 4.47. The molecule has 2 heterocycles. The first-order valence-electron chi connectivity index (χ1n) is 12.6. The molecule has 0 unspecified atom stereocenters. The summed E-state index contributed by atoms with van der Waals surface area (Å²) in [5.41, 5.74) is 18.6. The Kier molecular flexibility index (Phi) is 12.0. The lowest BCUT2D eigenvalue weighted by molar-refractivity contribution is -0.139. The van der Waals surface area contributed by atoms with E-state index < -0.39 is 0 Å². The van der Waals surface area contributed by atoms with Crippen LogP contribution >= 0.6 is 0 Å². The average Bonchev–Trinajstić information content (AvgIpc) is 3.25. The topological polar surface area (TPSA) is 132 Å². The van der Waals surface area contributed by atoms with Crippen molar-refractivity contribution in [2.75, 3.05) is 19.7 Å². The minimum absolute atomic E-state index is 0.0901. The number of fused-ring (bicyclic) bond motifs is 1. The normalized spacial score (nSPS) is 17.8. The molecule has 6 N–H and O–H groups in total. The summed E-state index contributed by atoms with van der Waals surface area (Å²) in [6.07, 6.45) is 15.6. The van der Waals surface area contributed by atoms with E-state index in [0.29, 0.717) is 19.1 Å². The number of unbranched alkanes of at least 4 members (excludes halogenated alkanes) is 9. The van der Waals surface area contributed by atoms with Crippen LogP contribution in [0.5, 0.6) is 0 Å². The lowest BCUT2D eigenvalue weighted by Crippen LogP contribution is -2.41. The average molecular weight is 449 g/mol. The van der Waals surface area contributed by atoms with Crippen molar-refractivity contribution in [2.45, 2.75) is 103 Å². The molecule has 0 radical (unpaired) electrons. The summed E-state index contributed by atoms with van der Waals surface area (Å²) in [6.45, 7) is 3.98. The number of aliphatic imine (C=N–C) groups is 2. The summed E-state index contributed by atoms with van der Waals surface area (Å²) in [5, 5.41) is 0. The van der Waals surface area contributed by atoms with Gasteiger partial charge in [0.15, 0.2) is 11.9 Å². The zero-order valence-corrected chi connectivity index (χ0v) is 20.0. The van der Waals surface area contributed by atoms with Crippen LogP contribution in [-0.2, 0) is 9.53 Å². The van der Waals surface area contributed by atoms with Gasteiger partial charge in [0, 0.05) is 18.8 Å². The molecule has 32 heavy (non-hydrogen) atoms. The highest BCUT2D eigenvalue weighted by atomic mass is 16.5. The van der Waals surface area contributed by atoms with Gasteiger partial charge >= 0.3 is 5.97 Å². The van der Waals surface area contributed by atoms with Crippen molar-refractivity contribution in [3.05, 3.63) is 11.3 Å². The molecular formula is C24H44N6O2. The maximum absolute atomic E-state index is 13.0. The second-order valence-electron chi connectivity index (χ2n) is 8.89. The number of guanidine groups is 2. The predicted octanol–water partition coefficient (Wildman–Crippen LogP) is 3.55. The molecule has 2 rings (SSSR count). The van der Waals surface area contributed by atoms with Crippen molar-refractivity contribution in [1.29, 1.82) is 0 Å². The lowest BCUT2D eigenvalue weighted by Gasteiger charge is -2.30. The molecule has 2 aliphatic rings. The van der Waals surface area contributed by atoms with E-state index >= 15 is 0 Å². The van der Waals surface area contributed by atoms with Crippen molar-refractivity contribution < 1.29 is 9.53 Å². The van der Waals surface area contributed by atoms with Crippen LogP contribution in [0.3, 0.4) is 0 Å². The van der Waals surface area contributed by atoms with E-state index in [1.807, 2.05) is 4.90 Å². The van der Waals surface area contributed by atoms with Crippen LogP contribution in [0.2, 0.25) is 0 Å². The molecule has 1 saturated heterocycles. The van der Waals surface area contributed by atoms with Crippen LogP contribution in [0, 0.1) is 0 Å². The standard InChI is InChI=1S/C24H44N6O2/c1-2-3-4-5-6-7-8-9-10-14-19-21(20-15-13-17-30(20)24(27)29-19)22(31)32-18-12-11-16-28-23(25)26/h19H,2-18H2,1H3,(H2,27,29)(H4,25,26,28)/t19-/m0/s1. The highest BCUT2D eigenvalue weighted by Crippen LogP contribution is 2.33. The van der Waals surface area contributed by atoms with Gasteiger partial charge in [-0.15, -0.1) is 0 Å². The summed E-state index contributed by atoms with van der Waals surface area (Å²) in [5.74, 6) is 0.394. The van der Waals surface area contributed by atoms with Gasteiger partial charge in [0.25, 0.3) is 0 Å². The van der Waals surface area contributed by atoms with Crippen molar-refractivity contribution in [3.63, 3.8) is 0 Å². The SMILES string of the molecule is CCCCCCCCCCC[C@@H]1N=C(N)N2CCCC2=C1C(=O)OCCCCN=C(N)N. The zero-order chi connectivity index (χ0) is 23.2. The van der Waals surface area contributed by atoms with Gasteiger partial charge < -0.3 is 26.8 Å². The van der Waals surface area contributed by atoms with Gasteiger partial charge in [-0.2, -0.15) is 0 Å². The van der Waals surface area contributed by atoms with E-state index in [1.54, 1.807) is 0 Å². The molecule has 0 aromatic carbocycles. The minimum Gasteiger partial charge on any atom is -0.462 e. The highest BCUT2D eigenvalue weighted by molar-refractivity contribution is 5.95. The molecule has 0 amide bonds. The van der Waals surface area contributed by atoms with Gasteiger partial charge in [-0.1, -0.05) is 64.7 Å². The quantitative estimate of drug-likeness (QED) is 0.143. The number of carbonyl (C=O) groups is 1. The highest BCUT2D eigenvalue weighted by Gasteiger charge is 2.36. The third-order valence-corrected chi connectivity index (χ3v) is 6.21. The summed E-state index contributed by atoms with van der Waals surface area (Å²) in [7, 11) is 0. The Morgan fingerprint density at radius 3 is 2.44 bits per heavy atom. The number of nitrogens with zero attached hydrogens (tertiary/aromatic N) is 3. The molecule has 0 saturated carbocycles. The van der Waals surface area contributed by atoms with Crippen LogP contribution in [0.15, 0.2) is 21.3 Å². The first-order valence-corrected chi connectivity index (χ1v) is 12.6. The Balaban J connectivity index is 1.80. The van der Waals surface area contributed by atoms with Crippen LogP contribution in [0.1, 0.15) is 96.8 Å². The summed E-state index contributed by atoms with van der Waals surface area (Å²) in [4.78, 5) is 23.6. The van der Waals surface area contributed by atoms with Crippen LogP contribution in [0.4, 0.5) is 0 Å². The molecule has 8 nitrogen and oxygen atoms in total. The molecule has 0 aromatic rings. The molecule has 0 aliphatic carbocycles. The van der Waals surface area contributed by atoms with Gasteiger partial charge in [-0.25, -0.2) is 9.79 Å². The van der Waals surface area contributed by atoms with Crippen LogP contribution in [0.25, 0.3) is 0 Å². The first kappa shape index (κ1) is 26.0. The Bertz CT molecular complexity index is 669. The third-order valence-electron chi connectivity index (χ3n) is 6.21. The summed E-state index contributed by atoms with van der Waals surface area (Å²) >= 11 is 0. The van der Waals surface area contributed by atoms with Crippen molar-refractivity contribution in [1.82, 2.24) is 4.90 Å². The van der Waals surface area contributed by atoms with Gasteiger partial charge in [0.05, 0.1) is 18.2 Å². The van der Waals surface area contributed by atoms with Gasteiger partial charge in [-0.05, 0) is 32.1 Å². The number of nitrogens with two attached hydrogens (primary N) is 3. The van der Waals surface area contributed by atoms with E-state index in [1.165, 1.54) is 51.4 Å². The Morgan fingerprint density at radius 2 is 1.75 bits per heavy atom. The fraction of sp³-hybridized carbons (Fsp3) is 0.792. The number of carbonyl (C=O) groups excluding carboxylic acids is 1. The Labute approximate surface area is 193 Å². The van der Waals surface area contributed by atoms with E-state index in [-0.39, 0.29) is 18.0 Å². The van der Waals surface area contributed by atoms with Gasteiger partial charge in [0.1, 0.15) is 0 Å². The number of rotatable bonds is 16. The molecule has 0 spiro atoms. The van der Waals surface area contributed by atoms with E-state index in [0.717, 1.165) is 56.3 Å². The van der Waals surface area contributed by atoms with Crippen molar-refractivity contribution in [3.8, 4) is 0 Å². The number of esters is 1. The Morgan fingerprint density at radius 1 is 1.06 bits per heavy atom. The maximum Gasteiger partial charge on any atom is 0.337 e. The molecule has 1 atom stereocenters. The number of ether oxygens (including phenoxy) is 1. The fourth-order valence-corrected chi connectivity index (χ4v) is 4.47. The summed E-state index contributed by atoms with van der Waals surface area (Å²) < 4.78 is 5.61. The third kappa shape index (κ3) is 8.71. The van der Waals surface area contributed by atoms with Gasteiger partial charge in [-0.3, -0.25) is 4.99 Å². The monoisotopic (exact) mass is 448 g/mol. The van der Waals surface area contributed by atoms with E-state index in [2.05, 4.69) is 16.9 Å². The first-order chi connectivity index (χ1) is 15.5.